The average molecular weight is 494 g/mol. The Balaban J connectivity index is 1.27. The number of carboxylic acid groups (broad SMARTS) is 1. The highest BCUT2D eigenvalue weighted by molar-refractivity contribution is 6.05. The Morgan fingerprint density at radius 1 is 1.05 bits per heavy atom. The molecule has 1 fully saturated rings. The normalized spacial score (nSPS) is 17.3. The van der Waals surface area contributed by atoms with Crippen molar-refractivity contribution in [3.05, 3.63) is 84.5 Å². The van der Waals surface area contributed by atoms with Crippen LogP contribution < -0.4 is 5.32 Å². The predicted octanol–water partition coefficient (Wildman–Crippen LogP) is 4.48. The molecule has 1 saturated carbocycles. The highest BCUT2D eigenvalue weighted by Crippen LogP contribution is 2.48. The quantitative estimate of drug-likeness (QED) is 0.390. The molecule has 2 aliphatic carbocycles. The molecule has 0 aliphatic heterocycles. The molecule has 186 valence electrons. The van der Waals surface area contributed by atoms with Gasteiger partial charge in [0.1, 0.15) is 17.4 Å². The van der Waals surface area contributed by atoms with Crippen LogP contribution in [0.2, 0.25) is 0 Å². The van der Waals surface area contributed by atoms with Crippen molar-refractivity contribution in [2.75, 3.05) is 0 Å². The molecule has 1 spiro atoms. The van der Waals surface area contributed by atoms with Gasteiger partial charge < -0.3 is 10.4 Å². The molecule has 37 heavy (non-hydrogen) atoms. The van der Waals surface area contributed by atoms with Crippen LogP contribution in [0.1, 0.15) is 37.7 Å². The number of carboxylic acids is 1. The van der Waals surface area contributed by atoms with Crippen LogP contribution in [0.3, 0.4) is 0 Å². The average Bonchev–Trinajstić information content (AvgIpc) is 3.33. The van der Waals surface area contributed by atoms with E-state index in [4.69, 9.17) is 4.98 Å². The summed E-state index contributed by atoms with van der Waals surface area (Å²) in [7, 11) is 0. The van der Waals surface area contributed by atoms with Gasteiger partial charge in [0.25, 0.3) is 0 Å². The maximum Gasteiger partial charge on any atom is 0.326 e. The number of hydrogen-bond acceptors (Lipinski definition) is 6. The van der Waals surface area contributed by atoms with Crippen molar-refractivity contribution in [3.8, 4) is 17.1 Å². The number of nitrogens with one attached hydrogen (secondary N) is 1. The van der Waals surface area contributed by atoms with Crippen molar-refractivity contribution in [1.82, 2.24) is 24.8 Å². The molecule has 3 aromatic heterocycles. The van der Waals surface area contributed by atoms with Crippen molar-refractivity contribution in [2.45, 2.75) is 44.6 Å². The van der Waals surface area contributed by atoms with E-state index < -0.39 is 17.4 Å². The molecule has 8 heteroatoms. The summed E-state index contributed by atoms with van der Waals surface area (Å²) in [5.41, 5.74) is 4.44. The first-order valence-corrected chi connectivity index (χ1v) is 12.6. The lowest BCUT2D eigenvalue weighted by Gasteiger charge is -2.44. The molecule has 2 N–H and O–H groups in total. The molecule has 0 bridgehead atoms. The lowest BCUT2D eigenvalue weighted by Crippen LogP contribution is -2.51. The summed E-state index contributed by atoms with van der Waals surface area (Å²) in [5, 5.41) is 13.1. The number of imidazole rings is 1. The topological polar surface area (TPSA) is 110 Å². The van der Waals surface area contributed by atoms with Gasteiger partial charge in [0.05, 0.1) is 5.41 Å². The lowest BCUT2D eigenvalue weighted by atomic mass is 9.62. The van der Waals surface area contributed by atoms with Gasteiger partial charge in [-0.2, -0.15) is 0 Å². The zero-order chi connectivity index (χ0) is 25.4. The van der Waals surface area contributed by atoms with E-state index >= 15 is 0 Å². The molecular formula is C29H27N5O3. The Hall–Kier alpha value is -4.33. The molecule has 8 nitrogen and oxygen atoms in total. The van der Waals surface area contributed by atoms with E-state index in [2.05, 4.69) is 15.3 Å². The van der Waals surface area contributed by atoms with Gasteiger partial charge in [-0.25, -0.2) is 14.8 Å². The number of rotatable bonds is 7. The van der Waals surface area contributed by atoms with Crippen LogP contribution in [-0.4, -0.2) is 42.4 Å². The first kappa shape index (κ1) is 23.1. The predicted molar refractivity (Wildman–Crippen MR) is 139 cm³/mol. The van der Waals surface area contributed by atoms with E-state index in [1.807, 2.05) is 53.1 Å². The first-order valence-electron chi connectivity index (χ1n) is 12.6. The summed E-state index contributed by atoms with van der Waals surface area (Å²) in [6, 6.07) is 14.6. The number of aromatic nitrogens is 4. The van der Waals surface area contributed by atoms with Crippen LogP contribution >= 0.6 is 0 Å². The van der Waals surface area contributed by atoms with Gasteiger partial charge in [-0.1, -0.05) is 31.4 Å². The van der Waals surface area contributed by atoms with E-state index in [0.29, 0.717) is 6.42 Å². The number of fused-ring (bicyclic) bond motifs is 1. The van der Waals surface area contributed by atoms with Gasteiger partial charge in [0.2, 0.25) is 0 Å². The van der Waals surface area contributed by atoms with Gasteiger partial charge >= 0.3 is 5.97 Å². The fraction of sp³-hybridized carbons (Fsp3) is 0.276. The van der Waals surface area contributed by atoms with Crippen LogP contribution in [0.5, 0.6) is 0 Å². The van der Waals surface area contributed by atoms with Gasteiger partial charge in [-0.05, 0) is 54.8 Å². The first-order chi connectivity index (χ1) is 18.0. The minimum absolute atomic E-state index is 0.133. The number of aliphatic carboxylic acids is 1. The number of nitrogens with zero attached hydrogens (tertiary/aromatic N) is 4. The summed E-state index contributed by atoms with van der Waals surface area (Å²) < 4.78 is 1.99. The number of hydrogen-bond donors (Lipinski definition) is 2. The van der Waals surface area contributed by atoms with E-state index in [0.717, 1.165) is 71.6 Å². The van der Waals surface area contributed by atoms with Gasteiger partial charge in [0, 0.05) is 48.0 Å². The highest BCUT2D eigenvalue weighted by Gasteiger charge is 2.49. The molecular weight excluding hydrogens is 466 g/mol. The Morgan fingerprint density at radius 3 is 2.54 bits per heavy atom. The Morgan fingerprint density at radius 2 is 1.84 bits per heavy atom. The molecule has 3 heterocycles. The van der Waals surface area contributed by atoms with Crippen LogP contribution in [0.4, 0.5) is 0 Å². The van der Waals surface area contributed by atoms with E-state index in [1.54, 1.807) is 24.7 Å². The standard InChI is InChI=1S/C29H27N5O3/c35-25-17-24(29(25)12-2-1-3-13-29)32-23(28(36)37)16-19-8-10-21(11-9-19)34-26(20-6-4-14-30-18-20)33-22-7-5-15-31-27(22)34/h4-11,14-15,17-18,23,32H,1-3,12-13,16H2,(H,36,37)/t23-/m0/s1. The van der Waals surface area contributed by atoms with Gasteiger partial charge in [-0.3, -0.25) is 14.3 Å². The Labute approximate surface area is 214 Å². The van der Waals surface area contributed by atoms with E-state index in [1.165, 1.54) is 0 Å². The minimum Gasteiger partial charge on any atom is -0.480 e. The van der Waals surface area contributed by atoms with Gasteiger partial charge in [-0.15, -0.1) is 0 Å². The summed E-state index contributed by atoms with van der Waals surface area (Å²) >= 11 is 0. The maximum atomic E-state index is 12.4. The third-order valence-electron chi connectivity index (χ3n) is 7.57. The summed E-state index contributed by atoms with van der Waals surface area (Å²) in [6.45, 7) is 0. The molecule has 6 rings (SSSR count). The van der Waals surface area contributed by atoms with Gasteiger partial charge in [0.15, 0.2) is 11.4 Å². The van der Waals surface area contributed by atoms with Crippen molar-refractivity contribution >= 4 is 22.9 Å². The largest absolute Gasteiger partial charge is 0.480 e. The fourth-order valence-electron chi connectivity index (χ4n) is 5.56. The summed E-state index contributed by atoms with van der Waals surface area (Å²) in [6.07, 6.45) is 11.9. The van der Waals surface area contributed by atoms with Crippen molar-refractivity contribution in [2.24, 2.45) is 5.41 Å². The molecule has 1 aromatic carbocycles. The van der Waals surface area contributed by atoms with Crippen molar-refractivity contribution < 1.29 is 14.7 Å². The fourth-order valence-corrected chi connectivity index (χ4v) is 5.56. The molecule has 0 amide bonds. The molecule has 0 unspecified atom stereocenters. The third kappa shape index (κ3) is 4.08. The summed E-state index contributed by atoms with van der Waals surface area (Å²) in [4.78, 5) is 38.1. The Kier molecular flexibility index (Phi) is 5.79. The molecule has 1 atom stereocenters. The van der Waals surface area contributed by atoms with Crippen molar-refractivity contribution in [3.63, 3.8) is 0 Å². The van der Waals surface area contributed by atoms with Crippen LogP contribution in [-0.2, 0) is 16.0 Å². The number of ketones is 1. The van der Waals surface area contributed by atoms with Crippen LogP contribution in [0.25, 0.3) is 28.2 Å². The smallest absolute Gasteiger partial charge is 0.326 e. The molecule has 0 radical (unpaired) electrons. The third-order valence-corrected chi connectivity index (χ3v) is 7.57. The second kappa shape index (κ2) is 9.28. The number of carbonyl (C=O) groups excluding carboxylic acids is 1. The van der Waals surface area contributed by atoms with Crippen LogP contribution in [0, 0.1) is 5.41 Å². The van der Waals surface area contributed by atoms with Crippen LogP contribution in [0.15, 0.2) is 78.9 Å². The minimum atomic E-state index is -0.932. The zero-order valence-corrected chi connectivity index (χ0v) is 20.3. The molecule has 2 aliphatic rings. The van der Waals surface area contributed by atoms with E-state index in [9.17, 15) is 14.7 Å². The monoisotopic (exact) mass is 493 g/mol. The highest BCUT2D eigenvalue weighted by atomic mass is 16.4. The number of carbonyl (C=O) groups is 2. The summed E-state index contributed by atoms with van der Waals surface area (Å²) in [5.74, 6) is -0.0632. The second-order valence-electron chi connectivity index (χ2n) is 9.83. The lowest BCUT2D eigenvalue weighted by molar-refractivity contribution is -0.140. The molecule has 4 aromatic rings. The number of allylic oxidation sites excluding steroid dienone is 2. The van der Waals surface area contributed by atoms with E-state index in [-0.39, 0.29) is 5.78 Å². The maximum absolute atomic E-state index is 12.4. The second-order valence-corrected chi connectivity index (χ2v) is 9.83. The Bertz CT molecular complexity index is 1500. The number of benzene rings is 1. The SMILES string of the molecule is O=C(O)[C@H](Cc1ccc(-n2c(-c3cccnc3)nc3cccnc32)cc1)NC1=CC(=O)C12CCCCC2. The molecule has 0 saturated heterocycles. The van der Waals surface area contributed by atoms with Crippen molar-refractivity contribution in [1.29, 1.82) is 0 Å². The zero-order valence-electron chi connectivity index (χ0n) is 20.3. The number of pyridine rings is 2.